The fourth-order valence-electron chi connectivity index (χ4n) is 3.52. The zero-order chi connectivity index (χ0) is 19.4. The summed E-state index contributed by atoms with van der Waals surface area (Å²) >= 11 is 0. The van der Waals surface area contributed by atoms with Gasteiger partial charge in [-0.2, -0.15) is 5.10 Å². The molecule has 3 rings (SSSR count). The normalized spacial score (nSPS) is 17.1. The minimum atomic E-state index is -3.63. The maximum atomic E-state index is 12.8. The first-order valence-corrected chi connectivity index (χ1v) is 10.8. The molecule has 0 spiro atoms. The number of aryl methyl sites for hydroxylation is 3. The highest BCUT2D eigenvalue weighted by Gasteiger charge is 2.27. The summed E-state index contributed by atoms with van der Waals surface area (Å²) in [7, 11) is -3.63. The molecule has 1 saturated heterocycles. The van der Waals surface area contributed by atoms with Gasteiger partial charge >= 0.3 is 0 Å². The molecule has 2 N–H and O–H groups in total. The predicted octanol–water partition coefficient (Wildman–Crippen LogP) is 1.94. The molecule has 8 heteroatoms. The molecule has 1 aliphatic heterocycles. The number of H-pyrrole nitrogens is 1. The van der Waals surface area contributed by atoms with Gasteiger partial charge in [-0.25, -0.2) is 13.1 Å². The van der Waals surface area contributed by atoms with Gasteiger partial charge in [0.15, 0.2) is 0 Å². The maximum Gasteiger partial charge on any atom is 0.244 e. The molecule has 2 aromatic rings. The molecular formula is C19H28N4O3S. The van der Waals surface area contributed by atoms with E-state index in [1.165, 1.54) is 5.56 Å². The van der Waals surface area contributed by atoms with Crippen molar-refractivity contribution in [2.24, 2.45) is 0 Å². The molecule has 0 bridgehead atoms. The molecule has 0 saturated carbocycles. The Labute approximate surface area is 161 Å². The molecule has 7 nitrogen and oxygen atoms in total. The van der Waals surface area contributed by atoms with Crippen LogP contribution in [-0.4, -0.2) is 56.4 Å². The third-order valence-corrected chi connectivity index (χ3v) is 6.74. The lowest BCUT2D eigenvalue weighted by atomic mass is 10.0. The number of sulfonamides is 1. The van der Waals surface area contributed by atoms with E-state index in [2.05, 4.69) is 51.0 Å². The largest absolute Gasteiger partial charge is 0.379 e. The van der Waals surface area contributed by atoms with Crippen LogP contribution in [0, 0.1) is 13.8 Å². The molecule has 1 aliphatic rings. The number of hydrogen-bond donors (Lipinski definition) is 2. The summed E-state index contributed by atoms with van der Waals surface area (Å²) in [5.74, 6) is 0. The third kappa shape index (κ3) is 4.57. The number of nitrogens with zero attached hydrogens (tertiary/aromatic N) is 2. The van der Waals surface area contributed by atoms with Gasteiger partial charge in [-0.3, -0.25) is 10.00 Å². The number of hydrogen-bond acceptors (Lipinski definition) is 5. The smallest absolute Gasteiger partial charge is 0.244 e. The van der Waals surface area contributed by atoms with E-state index in [-0.39, 0.29) is 10.9 Å². The van der Waals surface area contributed by atoms with Crippen molar-refractivity contribution in [3.8, 4) is 0 Å². The van der Waals surface area contributed by atoms with Crippen LogP contribution in [0.3, 0.4) is 0 Å². The number of morpholine rings is 1. The second-order valence-corrected chi connectivity index (χ2v) is 8.58. The maximum absolute atomic E-state index is 12.8. The topological polar surface area (TPSA) is 87.3 Å². The van der Waals surface area contributed by atoms with E-state index in [0.29, 0.717) is 31.1 Å². The molecule has 1 unspecified atom stereocenters. The molecule has 1 aromatic heterocycles. The summed E-state index contributed by atoms with van der Waals surface area (Å²) in [6.07, 6.45) is 0.980. The second-order valence-electron chi connectivity index (χ2n) is 6.87. The lowest BCUT2D eigenvalue weighted by Crippen LogP contribution is -2.43. The van der Waals surface area contributed by atoms with E-state index in [1.807, 2.05) is 0 Å². The lowest BCUT2D eigenvalue weighted by molar-refractivity contribution is 0.0172. The average Bonchev–Trinajstić information content (AvgIpc) is 3.02. The summed E-state index contributed by atoms with van der Waals surface area (Å²) in [5.41, 5.74) is 3.41. The van der Waals surface area contributed by atoms with Crippen molar-refractivity contribution >= 4 is 10.0 Å². The number of aromatic nitrogens is 2. The zero-order valence-electron chi connectivity index (χ0n) is 16.2. The van der Waals surface area contributed by atoms with Crippen molar-refractivity contribution in [3.05, 3.63) is 46.8 Å². The average molecular weight is 393 g/mol. The fraction of sp³-hybridized carbons (Fsp3) is 0.526. The number of rotatable bonds is 7. The highest BCUT2D eigenvalue weighted by atomic mass is 32.2. The van der Waals surface area contributed by atoms with Gasteiger partial charge in [0.25, 0.3) is 0 Å². The molecular weight excluding hydrogens is 364 g/mol. The van der Waals surface area contributed by atoms with E-state index in [0.717, 1.165) is 25.1 Å². The lowest BCUT2D eigenvalue weighted by Gasteiger charge is -2.35. The van der Waals surface area contributed by atoms with Gasteiger partial charge in [-0.15, -0.1) is 0 Å². The minimum Gasteiger partial charge on any atom is -0.379 e. The van der Waals surface area contributed by atoms with Crippen LogP contribution < -0.4 is 4.72 Å². The van der Waals surface area contributed by atoms with Crippen LogP contribution in [-0.2, 0) is 21.2 Å². The van der Waals surface area contributed by atoms with Crippen molar-refractivity contribution < 1.29 is 13.2 Å². The first-order valence-electron chi connectivity index (χ1n) is 9.34. The second kappa shape index (κ2) is 8.52. The van der Waals surface area contributed by atoms with Crippen LogP contribution in [0.2, 0.25) is 0 Å². The first kappa shape index (κ1) is 20.0. The molecule has 148 valence electrons. The van der Waals surface area contributed by atoms with E-state index in [9.17, 15) is 8.42 Å². The van der Waals surface area contributed by atoms with Crippen LogP contribution in [0.4, 0.5) is 0 Å². The van der Waals surface area contributed by atoms with Crippen LogP contribution in [0.25, 0.3) is 0 Å². The van der Waals surface area contributed by atoms with E-state index in [4.69, 9.17) is 4.74 Å². The highest BCUT2D eigenvalue weighted by molar-refractivity contribution is 7.89. The van der Waals surface area contributed by atoms with Crippen LogP contribution in [0.15, 0.2) is 29.2 Å². The first-order chi connectivity index (χ1) is 12.9. The van der Waals surface area contributed by atoms with Gasteiger partial charge in [0, 0.05) is 25.7 Å². The van der Waals surface area contributed by atoms with Gasteiger partial charge < -0.3 is 4.74 Å². The Morgan fingerprint density at radius 3 is 2.44 bits per heavy atom. The molecule has 1 atom stereocenters. The summed E-state index contributed by atoms with van der Waals surface area (Å²) < 4.78 is 33.9. The summed E-state index contributed by atoms with van der Waals surface area (Å²) in [4.78, 5) is 2.52. The Hall–Kier alpha value is -1.74. The number of nitrogens with one attached hydrogen (secondary N) is 2. The molecule has 0 aliphatic carbocycles. The third-order valence-electron chi connectivity index (χ3n) is 5.06. The standard InChI is InChI=1S/C19H28N4O3S/c1-4-16-5-7-17(8-6-16)18(23-9-11-26-12-10-23)13-20-27(24,25)19-14(2)21-22-15(19)3/h5-8,18,20H,4,9-13H2,1-3H3,(H,21,22). The van der Waals surface area contributed by atoms with Crippen LogP contribution in [0.1, 0.15) is 35.5 Å². The number of ether oxygens (including phenoxy) is 1. The van der Waals surface area contributed by atoms with Gasteiger partial charge in [0.1, 0.15) is 4.90 Å². The van der Waals surface area contributed by atoms with Gasteiger partial charge in [0.2, 0.25) is 10.0 Å². The van der Waals surface area contributed by atoms with Gasteiger partial charge in [0.05, 0.1) is 24.6 Å². The molecule has 0 amide bonds. The highest BCUT2D eigenvalue weighted by Crippen LogP contribution is 2.24. The predicted molar refractivity (Wildman–Crippen MR) is 104 cm³/mol. The van der Waals surface area contributed by atoms with E-state index >= 15 is 0 Å². The Bertz CT molecular complexity index is 836. The van der Waals surface area contributed by atoms with Crippen molar-refractivity contribution in [2.45, 2.75) is 38.1 Å². The van der Waals surface area contributed by atoms with Crippen molar-refractivity contribution in [1.82, 2.24) is 19.8 Å². The minimum absolute atomic E-state index is 0.0397. The quantitative estimate of drug-likeness (QED) is 0.752. The summed E-state index contributed by atoms with van der Waals surface area (Å²) in [6, 6.07) is 8.38. The Morgan fingerprint density at radius 2 is 1.89 bits per heavy atom. The van der Waals surface area contributed by atoms with Crippen LogP contribution in [0.5, 0.6) is 0 Å². The fourth-order valence-corrected chi connectivity index (χ4v) is 4.92. The molecule has 1 fully saturated rings. The zero-order valence-corrected chi connectivity index (χ0v) is 17.0. The molecule has 2 heterocycles. The molecule has 27 heavy (non-hydrogen) atoms. The number of aromatic amines is 1. The SMILES string of the molecule is CCc1ccc(C(CNS(=O)(=O)c2c(C)n[nH]c2C)N2CCOCC2)cc1. The van der Waals surface area contributed by atoms with Gasteiger partial charge in [-0.1, -0.05) is 31.2 Å². The van der Waals surface area contributed by atoms with Gasteiger partial charge in [-0.05, 0) is 31.4 Å². The Kier molecular flexibility index (Phi) is 6.31. The Balaban J connectivity index is 1.82. The van der Waals surface area contributed by atoms with E-state index in [1.54, 1.807) is 13.8 Å². The van der Waals surface area contributed by atoms with Crippen molar-refractivity contribution in [2.75, 3.05) is 32.8 Å². The Morgan fingerprint density at radius 1 is 1.22 bits per heavy atom. The summed E-state index contributed by atoms with van der Waals surface area (Å²) in [5, 5.41) is 6.75. The molecule has 1 aromatic carbocycles. The summed E-state index contributed by atoms with van der Waals surface area (Å²) in [6.45, 7) is 8.73. The van der Waals surface area contributed by atoms with Crippen LogP contribution >= 0.6 is 0 Å². The number of benzene rings is 1. The monoisotopic (exact) mass is 392 g/mol. The van der Waals surface area contributed by atoms with E-state index < -0.39 is 10.0 Å². The van der Waals surface area contributed by atoms with Crippen molar-refractivity contribution in [1.29, 1.82) is 0 Å². The van der Waals surface area contributed by atoms with Crippen molar-refractivity contribution in [3.63, 3.8) is 0 Å². The molecule has 0 radical (unpaired) electrons.